The third-order valence-corrected chi connectivity index (χ3v) is 2.53. The van der Waals surface area contributed by atoms with Crippen LogP contribution < -0.4 is 4.74 Å². The molecule has 1 rings (SSSR count). The predicted octanol–water partition coefficient (Wildman–Crippen LogP) is 2.08. The molecule has 0 bridgehead atoms. The third-order valence-electron chi connectivity index (χ3n) is 2.53. The van der Waals surface area contributed by atoms with Crippen LogP contribution in [0.5, 0.6) is 5.75 Å². The van der Waals surface area contributed by atoms with Crippen LogP contribution in [0.3, 0.4) is 0 Å². The van der Waals surface area contributed by atoms with Gasteiger partial charge in [0.1, 0.15) is 11.6 Å². The second kappa shape index (κ2) is 5.82. The SMILES string of the molecule is COCc1c(F)ccc(C(C)CO)c1OC. The first-order valence-corrected chi connectivity index (χ1v) is 5.10. The Kier molecular flexibility index (Phi) is 4.71. The second-order valence-corrected chi connectivity index (χ2v) is 3.67. The van der Waals surface area contributed by atoms with Gasteiger partial charge in [-0.25, -0.2) is 4.39 Å². The maximum atomic E-state index is 13.5. The highest BCUT2D eigenvalue weighted by molar-refractivity contribution is 5.44. The normalized spacial score (nSPS) is 12.6. The summed E-state index contributed by atoms with van der Waals surface area (Å²) in [7, 11) is 2.99. The van der Waals surface area contributed by atoms with Gasteiger partial charge in [-0.2, -0.15) is 0 Å². The van der Waals surface area contributed by atoms with Gasteiger partial charge in [-0.05, 0) is 11.6 Å². The molecule has 1 unspecified atom stereocenters. The van der Waals surface area contributed by atoms with E-state index in [-0.39, 0.29) is 24.9 Å². The molecule has 0 fully saturated rings. The number of benzene rings is 1. The molecular weight excluding hydrogens is 211 g/mol. The average Bonchev–Trinajstić information content (AvgIpc) is 2.30. The summed E-state index contributed by atoms with van der Waals surface area (Å²) in [5.74, 6) is 0.0159. The first kappa shape index (κ1) is 12.9. The molecule has 16 heavy (non-hydrogen) atoms. The van der Waals surface area contributed by atoms with Crippen LogP contribution in [0.25, 0.3) is 0 Å². The summed E-state index contributed by atoms with van der Waals surface area (Å²) in [6.07, 6.45) is 0. The fourth-order valence-corrected chi connectivity index (χ4v) is 1.63. The van der Waals surface area contributed by atoms with E-state index >= 15 is 0 Å². The molecule has 0 aliphatic rings. The average molecular weight is 228 g/mol. The van der Waals surface area contributed by atoms with Crippen molar-refractivity contribution in [2.24, 2.45) is 0 Å². The Hall–Kier alpha value is -1.13. The first-order valence-electron chi connectivity index (χ1n) is 5.10. The zero-order valence-electron chi connectivity index (χ0n) is 9.79. The number of hydrogen-bond acceptors (Lipinski definition) is 3. The standard InChI is InChI=1S/C12H17FO3/c1-8(6-14)9-4-5-11(13)10(7-15-2)12(9)16-3/h4-5,8,14H,6-7H2,1-3H3. The Morgan fingerprint density at radius 3 is 2.56 bits per heavy atom. The Bertz CT molecular complexity index is 352. The molecule has 1 N–H and O–H groups in total. The molecule has 0 aliphatic carbocycles. The van der Waals surface area contributed by atoms with Crippen LogP contribution >= 0.6 is 0 Å². The zero-order chi connectivity index (χ0) is 12.1. The van der Waals surface area contributed by atoms with Gasteiger partial charge in [-0.3, -0.25) is 0 Å². The maximum Gasteiger partial charge on any atom is 0.132 e. The van der Waals surface area contributed by atoms with Crippen LogP contribution in [0.2, 0.25) is 0 Å². The van der Waals surface area contributed by atoms with E-state index in [1.54, 1.807) is 6.07 Å². The van der Waals surface area contributed by atoms with Crippen LogP contribution in [-0.4, -0.2) is 25.9 Å². The number of halogens is 1. The lowest BCUT2D eigenvalue weighted by Gasteiger charge is -2.17. The van der Waals surface area contributed by atoms with E-state index in [9.17, 15) is 4.39 Å². The van der Waals surface area contributed by atoms with E-state index in [0.29, 0.717) is 11.3 Å². The van der Waals surface area contributed by atoms with Crippen molar-refractivity contribution in [3.05, 3.63) is 29.1 Å². The number of hydrogen-bond donors (Lipinski definition) is 1. The van der Waals surface area contributed by atoms with Crippen molar-refractivity contribution in [2.75, 3.05) is 20.8 Å². The molecule has 1 aromatic carbocycles. The van der Waals surface area contributed by atoms with Crippen LogP contribution in [-0.2, 0) is 11.3 Å². The quantitative estimate of drug-likeness (QED) is 0.838. The monoisotopic (exact) mass is 228 g/mol. The van der Waals surface area contributed by atoms with Gasteiger partial charge in [0.25, 0.3) is 0 Å². The van der Waals surface area contributed by atoms with Crippen molar-refractivity contribution in [1.82, 2.24) is 0 Å². The summed E-state index contributed by atoms with van der Waals surface area (Å²) >= 11 is 0. The Morgan fingerprint density at radius 2 is 2.06 bits per heavy atom. The summed E-state index contributed by atoms with van der Waals surface area (Å²) in [5.41, 5.74) is 1.18. The molecule has 0 amide bonds. The minimum absolute atomic E-state index is 0.00554. The Balaban J connectivity index is 3.24. The highest BCUT2D eigenvalue weighted by Crippen LogP contribution is 2.32. The molecule has 0 aromatic heterocycles. The molecule has 0 saturated heterocycles. The highest BCUT2D eigenvalue weighted by Gasteiger charge is 2.17. The van der Waals surface area contributed by atoms with Crippen molar-refractivity contribution in [2.45, 2.75) is 19.4 Å². The topological polar surface area (TPSA) is 38.7 Å². The van der Waals surface area contributed by atoms with E-state index < -0.39 is 0 Å². The van der Waals surface area contributed by atoms with Gasteiger partial charge in [0.15, 0.2) is 0 Å². The summed E-state index contributed by atoms with van der Waals surface area (Å²) in [6, 6.07) is 3.01. The largest absolute Gasteiger partial charge is 0.496 e. The summed E-state index contributed by atoms with van der Waals surface area (Å²) in [4.78, 5) is 0. The van der Waals surface area contributed by atoms with Crippen molar-refractivity contribution in [3.63, 3.8) is 0 Å². The first-order chi connectivity index (χ1) is 7.65. The van der Waals surface area contributed by atoms with Gasteiger partial charge < -0.3 is 14.6 Å². The number of ether oxygens (including phenoxy) is 2. The smallest absolute Gasteiger partial charge is 0.132 e. The third kappa shape index (κ3) is 2.51. The number of rotatable bonds is 5. The summed E-state index contributed by atoms with van der Waals surface area (Å²) in [5, 5.41) is 9.12. The highest BCUT2D eigenvalue weighted by atomic mass is 19.1. The molecule has 0 saturated carbocycles. The molecule has 0 heterocycles. The zero-order valence-corrected chi connectivity index (χ0v) is 9.79. The molecule has 1 aromatic rings. The van der Waals surface area contributed by atoms with Gasteiger partial charge in [0, 0.05) is 19.6 Å². The van der Waals surface area contributed by atoms with E-state index in [1.165, 1.54) is 20.3 Å². The van der Waals surface area contributed by atoms with E-state index in [2.05, 4.69) is 0 Å². The van der Waals surface area contributed by atoms with E-state index in [0.717, 1.165) is 5.56 Å². The Morgan fingerprint density at radius 1 is 1.38 bits per heavy atom. The van der Waals surface area contributed by atoms with Crippen molar-refractivity contribution in [3.8, 4) is 5.75 Å². The summed E-state index contributed by atoms with van der Waals surface area (Å²) in [6.45, 7) is 2.00. The number of aliphatic hydroxyl groups is 1. The van der Waals surface area contributed by atoms with Crippen molar-refractivity contribution >= 4 is 0 Å². The maximum absolute atomic E-state index is 13.5. The molecule has 0 radical (unpaired) electrons. The molecular formula is C12H17FO3. The van der Waals surface area contributed by atoms with E-state index in [1.807, 2.05) is 6.92 Å². The van der Waals surface area contributed by atoms with Gasteiger partial charge >= 0.3 is 0 Å². The molecule has 3 nitrogen and oxygen atoms in total. The lowest BCUT2D eigenvalue weighted by Crippen LogP contribution is -2.06. The predicted molar refractivity (Wildman–Crippen MR) is 59.2 cm³/mol. The van der Waals surface area contributed by atoms with Crippen LogP contribution in [0, 0.1) is 5.82 Å². The molecule has 90 valence electrons. The number of methoxy groups -OCH3 is 2. The second-order valence-electron chi connectivity index (χ2n) is 3.67. The van der Waals surface area contributed by atoms with Gasteiger partial charge in [-0.1, -0.05) is 13.0 Å². The van der Waals surface area contributed by atoms with Crippen molar-refractivity contribution in [1.29, 1.82) is 0 Å². The fourth-order valence-electron chi connectivity index (χ4n) is 1.63. The lowest BCUT2D eigenvalue weighted by molar-refractivity contribution is 0.177. The molecule has 1 atom stereocenters. The number of aliphatic hydroxyl groups excluding tert-OH is 1. The van der Waals surface area contributed by atoms with Crippen molar-refractivity contribution < 1.29 is 19.0 Å². The molecule has 0 aliphatic heterocycles. The van der Waals surface area contributed by atoms with Gasteiger partial charge in [0.2, 0.25) is 0 Å². The van der Waals surface area contributed by atoms with Crippen LogP contribution in [0.1, 0.15) is 24.0 Å². The van der Waals surface area contributed by atoms with E-state index in [4.69, 9.17) is 14.6 Å². The minimum atomic E-state index is -0.354. The van der Waals surface area contributed by atoms with Crippen LogP contribution in [0.4, 0.5) is 4.39 Å². The Labute approximate surface area is 94.8 Å². The molecule has 0 spiro atoms. The van der Waals surface area contributed by atoms with Gasteiger partial charge in [0.05, 0.1) is 19.3 Å². The molecule has 4 heteroatoms. The minimum Gasteiger partial charge on any atom is -0.496 e. The summed E-state index contributed by atoms with van der Waals surface area (Å²) < 4.78 is 23.7. The van der Waals surface area contributed by atoms with Crippen LogP contribution in [0.15, 0.2) is 12.1 Å². The lowest BCUT2D eigenvalue weighted by atomic mass is 9.98. The van der Waals surface area contributed by atoms with Gasteiger partial charge in [-0.15, -0.1) is 0 Å². The fraction of sp³-hybridized carbons (Fsp3) is 0.500.